The number of aliphatic hydroxyl groups excluding tert-OH is 1. The zero-order valence-corrected chi connectivity index (χ0v) is 11.6. The minimum Gasteiger partial charge on any atom is -0.445 e. The number of ether oxygens (including phenoxy) is 1. The van der Waals surface area contributed by atoms with Gasteiger partial charge in [-0.25, -0.2) is 4.79 Å². The Labute approximate surface area is 124 Å². The van der Waals surface area contributed by atoms with Crippen molar-refractivity contribution in [2.75, 3.05) is 6.61 Å². The standard InChI is InChI=1S/C11H18N6O5/c12-7-3-1-5(18)11(20,21)10(3)6(16-8(13)17-10)4(15-7)2-22-9(14)19/h3-6,18,20-21H,1-2H2,(H2,12,15)(H2,14,19)(H3,13,16,17)/p+2/t3?,4-,5-,6-,10?/m0/s1. The van der Waals surface area contributed by atoms with Crippen LogP contribution in [-0.4, -0.2) is 69.3 Å². The molecule has 1 amide bonds. The zero-order valence-electron chi connectivity index (χ0n) is 11.6. The fourth-order valence-corrected chi connectivity index (χ4v) is 3.85. The molecule has 12 N–H and O–H groups in total. The molecule has 1 spiro atoms. The summed E-state index contributed by atoms with van der Waals surface area (Å²) >= 11 is 0. The van der Waals surface area contributed by atoms with Crippen molar-refractivity contribution < 1.29 is 34.8 Å². The van der Waals surface area contributed by atoms with Gasteiger partial charge in [-0.15, -0.1) is 0 Å². The third-order valence-electron chi connectivity index (χ3n) is 4.76. The van der Waals surface area contributed by atoms with Crippen molar-refractivity contribution in [1.29, 1.82) is 0 Å². The third-order valence-corrected chi connectivity index (χ3v) is 4.76. The van der Waals surface area contributed by atoms with Crippen molar-refractivity contribution in [3.05, 3.63) is 0 Å². The van der Waals surface area contributed by atoms with Crippen LogP contribution >= 0.6 is 0 Å². The van der Waals surface area contributed by atoms with Gasteiger partial charge in [0.1, 0.15) is 18.6 Å². The second-order valence-corrected chi connectivity index (χ2v) is 5.90. The Balaban J connectivity index is 2.04. The summed E-state index contributed by atoms with van der Waals surface area (Å²) < 4.78 is 4.78. The third kappa shape index (κ3) is 1.69. The minimum atomic E-state index is -2.48. The van der Waals surface area contributed by atoms with E-state index >= 15 is 0 Å². The van der Waals surface area contributed by atoms with Gasteiger partial charge in [0.25, 0.3) is 0 Å². The van der Waals surface area contributed by atoms with Crippen LogP contribution in [0.4, 0.5) is 4.79 Å². The average Bonchev–Trinajstić information content (AvgIpc) is 2.86. The molecule has 1 aliphatic carbocycles. The summed E-state index contributed by atoms with van der Waals surface area (Å²) in [6, 6.07) is -1.32. The summed E-state index contributed by atoms with van der Waals surface area (Å²) in [5.74, 6) is -2.73. The Morgan fingerprint density at radius 1 is 1.41 bits per heavy atom. The van der Waals surface area contributed by atoms with Crippen molar-refractivity contribution in [2.45, 2.75) is 35.9 Å². The van der Waals surface area contributed by atoms with Crippen LogP contribution in [-0.2, 0) is 4.74 Å². The molecule has 0 radical (unpaired) electrons. The number of hydrogen-bond donors (Lipinski definition) is 9. The number of carbonyl (C=O) groups is 1. The largest absolute Gasteiger partial charge is 0.445 e. The molecule has 0 bridgehead atoms. The highest BCUT2D eigenvalue weighted by Gasteiger charge is 2.78. The Hall–Kier alpha value is -2.11. The highest BCUT2D eigenvalue weighted by atomic mass is 16.5. The molecule has 2 heterocycles. The smallest absolute Gasteiger partial charge is 0.404 e. The highest BCUT2D eigenvalue weighted by molar-refractivity contribution is 5.84. The zero-order chi connectivity index (χ0) is 16.3. The van der Waals surface area contributed by atoms with Crippen molar-refractivity contribution in [1.82, 2.24) is 5.32 Å². The number of rotatable bonds is 2. The van der Waals surface area contributed by atoms with E-state index in [1.165, 1.54) is 0 Å². The van der Waals surface area contributed by atoms with Gasteiger partial charge in [-0.3, -0.25) is 26.8 Å². The molecular formula is C11H20N6O5+2. The number of guanidine groups is 1. The highest BCUT2D eigenvalue weighted by Crippen LogP contribution is 2.45. The maximum atomic E-state index is 10.8. The van der Waals surface area contributed by atoms with Crippen LogP contribution in [0.25, 0.3) is 0 Å². The first-order valence-electron chi connectivity index (χ1n) is 6.81. The fraction of sp³-hybridized carbons (Fsp3) is 0.727. The summed E-state index contributed by atoms with van der Waals surface area (Å²) in [4.78, 5) is 16.6. The molecule has 122 valence electrons. The van der Waals surface area contributed by atoms with E-state index in [0.717, 1.165) is 0 Å². The molecular weight excluding hydrogens is 296 g/mol. The first-order valence-corrected chi connectivity index (χ1v) is 6.81. The molecule has 0 aromatic carbocycles. The molecule has 0 aromatic rings. The van der Waals surface area contributed by atoms with Gasteiger partial charge >= 0.3 is 12.1 Å². The van der Waals surface area contributed by atoms with Gasteiger partial charge in [0.2, 0.25) is 11.6 Å². The van der Waals surface area contributed by atoms with E-state index in [-0.39, 0.29) is 24.8 Å². The van der Waals surface area contributed by atoms with Crippen molar-refractivity contribution >= 4 is 17.9 Å². The first kappa shape index (κ1) is 14.8. The number of primary amides is 1. The number of aliphatic hydroxyl groups is 3. The van der Waals surface area contributed by atoms with Gasteiger partial charge in [0.05, 0.1) is 0 Å². The van der Waals surface area contributed by atoms with Crippen LogP contribution in [0, 0.1) is 5.92 Å². The monoisotopic (exact) mass is 316 g/mol. The summed E-state index contributed by atoms with van der Waals surface area (Å²) in [5, 5.41) is 33.7. The lowest BCUT2D eigenvalue weighted by Crippen LogP contribution is -3.02. The second-order valence-electron chi connectivity index (χ2n) is 5.90. The number of nitrogens with one attached hydrogen (secondary N) is 3. The van der Waals surface area contributed by atoms with Gasteiger partial charge in [-0.2, -0.15) is 0 Å². The van der Waals surface area contributed by atoms with E-state index in [4.69, 9.17) is 21.9 Å². The maximum absolute atomic E-state index is 10.8. The van der Waals surface area contributed by atoms with E-state index in [9.17, 15) is 20.1 Å². The number of nitrogens with two attached hydrogens (primary N) is 3. The Kier molecular flexibility index (Phi) is 2.99. The van der Waals surface area contributed by atoms with E-state index in [1.54, 1.807) is 0 Å². The van der Waals surface area contributed by atoms with E-state index < -0.39 is 41.5 Å². The van der Waals surface area contributed by atoms with Crippen molar-refractivity contribution in [2.24, 2.45) is 23.1 Å². The molecule has 2 unspecified atom stereocenters. The van der Waals surface area contributed by atoms with Gasteiger partial charge in [-0.05, 0) is 6.42 Å². The summed E-state index contributed by atoms with van der Waals surface area (Å²) in [5.41, 5.74) is 15.2. The lowest BCUT2D eigenvalue weighted by Gasteiger charge is -2.42. The second kappa shape index (κ2) is 4.44. The predicted octanol–water partition coefficient (Wildman–Crippen LogP) is -7.93. The van der Waals surface area contributed by atoms with Crippen LogP contribution in [0.1, 0.15) is 6.42 Å². The molecule has 2 aliphatic heterocycles. The molecule has 0 aromatic heterocycles. The predicted molar refractivity (Wildman–Crippen MR) is 70.6 cm³/mol. The molecule has 3 aliphatic rings. The number of amides is 1. The number of carbonyl (C=O) groups excluding carboxylic acids is 1. The van der Waals surface area contributed by atoms with Gasteiger partial charge < -0.3 is 25.8 Å². The SMILES string of the molecule is NC(=O)OC[C@@H]1[NH+]=C(N)C2C[C@H](O)C(O)(O)C23NC(N)=[NH+][C@@H]13. The Bertz CT molecular complexity index is 577. The Morgan fingerprint density at radius 2 is 2.09 bits per heavy atom. The lowest BCUT2D eigenvalue weighted by atomic mass is 9.72. The fourth-order valence-electron chi connectivity index (χ4n) is 3.85. The average molecular weight is 316 g/mol. The van der Waals surface area contributed by atoms with E-state index in [2.05, 4.69) is 15.3 Å². The van der Waals surface area contributed by atoms with Crippen LogP contribution < -0.4 is 32.5 Å². The topological polar surface area (TPSA) is 205 Å². The normalized spacial score (nSPS) is 41.8. The van der Waals surface area contributed by atoms with Gasteiger partial charge in [0, 0.05) is 0 Å². The first-order chi connectivity index (χ1) is 10.2. The Morgan fingerprint density at radius 3 is 2.73 bits per heavy atom. The van der Waals surface area contributed by atoms with Crippen molar-refractivity contribution in [3.8, 4) is 0 Å². The number of amidine groups is 1. The molecule has 11 heteroatoms. The molecule has 1 saturated carbocycles. The number of hydrogen-bond acceptors (Lipinski definition) is 8. The van der Waals surface area contributed by atoms with Crippen LogP contribution in [0.3, 0.4) is 0 Å². The maximum Gasteiger partial charge on any atom is 0.404 e. The van der Waals surface area contributed by atoms with Crippen LogP contribution in [0.15, 0.2) is 0 Å². The van der Waals surface area contributed by atoms with Gasteiger partial charge in [-0.1, -0.05) is 0 Å². The minimum absolute atomic E-state index is 0.0354. The van der Waals surface area contributed by atoms with Crippen LogP contribution in [0.5, 0.6) is 0 Å². The summed E-state index contributed by atoms with van der Waals surface area (Å²) in [7, 11) is 0. The molecule has 1 fully saturated rings. The molecule has 3 rings (SSSR count). The lowest BCUT2D eigenvalue weighted by molar-refractivity contribution is -0.622. The van der Waals surface area contributed by atoms with E-state index in [0.29, 0.717) is 0 Å². The molecule has 11 nitrogen and oxygen atoms in total. The van der Waals surface area contributed by atoms with Crippen LogP contribution in [0.2, 0.25) is 0 Å². The molecule has 5 atom stereocenters. The summed E-state index contributed by atoms with van der Waals surface area (Å²) in [6.45, 7) is -0.163. The summed E-state index contributed by atoms with van der Waals surface area (Å²) in [6.07, 6.45) is -2.35. The van der Waals surface area contributed by atoms with E-state index in [1.807, 2.05) is 0 Å². The molecule has 22 heavy (non-hydrogen) atoms. The van der Waals surface area contributed by atoms with Gasteiger partial charge in [0.15, 0.2) is 17.6 Å². The quantitative estimate of drug-likeness (QED) is 0.223. The van der Waals surface area contributed by atoms with Crippen molar-refractivity contribution in [3.63, 3.8) is 0 Å². The molecule has 0 saturated heterocycles.